The lowest BCUT2D eigenvalue weighted by atomic mass is 9.87. The zero-order chi connectivity index (χ0) is 14.6. The third-order valence-corrected chi connectivity index (χ3v) is 3.28. The first-order chi connectivity index (χ1) is 9.60. The standard InChI is InChI=1S/C13H18N2O5/c1-2-20-12-5-10(3-4-11(12)15(17)18)14-6-13(7-16)8-19-9-13/h3-5,14,16H,2,6-9H2,1H3. The molecular weight excluding hydrogens is 264 g/mol. The monoisotopic (exact) mass is 282 g/mol. The van der Waals surface area contributed by atoms with E-state index in [4.69, 9.17) is 9.47 Å². The molecule has 1 aliphatic rings. The fourth-order valence-electron chi connectivity index (χ4n) is 1.98. The Bertz CT molecular complexity index is 482. The third-order valence-electron chi connectivity index (χ3n) is 3.28. The van der Waals surface area contributed by atoms with Crippen molar-refractivity contribution in [1.29, 1.82) is 0 Å². The van der Waals surface area contributed by atoms with Crippen LogP contribution in [0.1, 0.15) is 6.92 Å². The van der Waals surface area contributed by atoms with Crippen molar-refractivity contribution in [1.82, 2.24) is 0 Å². The molecule has 0 atom stereocenters. The summed E-state index contributed by atoms with van der Waals surface area (Å²) in [6.45, 7) is 3.76. The highest BCUT2D eigenvalue weighted by molar-refractivity contribution is 5.58. The molecule has 2 N–H and O–H groups in total. The van der Waals surface area contributed by atoms with Crippen LogP contribution in [0.3, 0.4) is 0 Å². The van der Waals surface area contributed by atoms with Gasteiger partial charge in [0, 0.05) is 24.4 Å². The van der Waals surface area contributed by atoms with Gasteiger partial charge < -0.3 is 19.9 Å². The first kappa shape index (κ1) is 14.5. The van der Waals surface area contributed by atoms with E-state index in [1.807, 2.05) is 0 Å². The molecule has 0 bridgehead atoms. The van der Waals surface area contributed by atoms with Gasteiger partial charge in [-0.25, -0.2) is 0 Å². The molecule has 1 fully saturated rings. The number of ether oxygens (including phenoxy) is 2. The van der Waals surface area contributed by atoms with Crippen LogP contribution in [0.5, 0.6) is 5.75 Å². The minimum atomic E-state index is -0.468. The van der Waals surface area contributed by atoms with E-state index in [9.17, 15) is 15.2 Å². The topological polar surface area (TPSA) is 93.9 Å². The van der Waals surface area contributed by atoms with Crippen LogP contribution in [-0.4, -0.2) is 43.0 Å². The van der Waals surface area contributed by atoms with Crippen LogP contribution < -0.4 is 10.1 Å². The average Bonchev–Trinajstić information content (AvgIpc) is 2.38. The molecule has 0 amide bonds. The van der Waals surface area contributed by atoms with Crippen LogP contribution in [0.2, 0.25) is 0 Å². The van der Waals surface area contributed by atoms with Crippen molar-refractivity contribution in [2.24, 2.45) is 5.41 Å². The van der Waals surface area contributed by atoms with E-state index >= 15 is 0 Å². The van der Waals surface area contributed by atoms with Crippen molar-refractivity contribution in [3.8, 4) is 5.75 Å². The first-order valence-corrected chi connectivity index (χ1v) is 6.44. The number of benzene rings is 1. The van der Waals surface area contributed by atoms with Gasteiger partial charge in [0.25, 0.3) is 0 Å². The highest BCUT2D eigenvalue weighted by atomic mass is 16.6. The molecule has 7 heteroatoms. The maximum Gasteiger partial charge on any atom is 0.311 e. The summed E-state index contributed by atoms with van der Waals surface area (Å²) in [5, 5.41) is 23.4. The van der Waals surface area contributed by atoms with E-state index in [1.165, 1.54) is 6.07 Å². The van der Waals surface area contributed by atoms with E-state index in [0.717, 1.165) is 5.69 Å². The van der Waals surface area contributed by atoms with E-state index in [0.29, 0.717) is 26.4 Å². The predicted octanol–water partition coefficient (Wildman–Crippen LogP) is 1.41. The largest absolute Gasteiger partial charge is 0.487 e. The van der Waals surface area contributed by atoms with E-state index in [1.54, 1.807) is 19.1 Å². The molecule has 0 saturated carbocycles. The summed E-state index contributed by atoms with van der Waals surface area (Å²) in [6.07, 6.45) is 0. The molecule has 20 heavy (non-hydrogen) atoms. The van der Waals surface area contributed by atoms with Crippen LogP contribution >= 0.6 is 0 Å². The molecule has 1 heterocycles. The normalized spacial score (nSPS) is 16.3. The molecular formula is C13H18N2O5. The number of nitro groups is 1. The third kappa shape index (κ3) is 3.00. The second kappa shape index (κ2) is 6.06. The van der Waals surface area contributed by atoms with Gasteiger partial charge in [-0.2, -0.15) is 0 Å². The fraction of sp³-hybridized carbons (Fsp3) is 0.538. The van der Waals surface area contributed by atoms with Gasteiger partial charge in [0.1, 0.15) is 0 Å². The Morgan fingerprint density at radius 3 is 2.80 bits per heavy atom. The van der Waals surface area contributed by atoms with Gasteiger partial charge >= 0.3 is 5.69 Å². The molecule has 2 rings (SSSR count). The average molecular weight is 282 g/mol. The van der Waals surface area contributed by atoms with Gasteiger partial charge in [-0.3, -0.25) is 10.1 Å². The summed E-state index contributed by atoms with van der Waals surface area (Å²) in [5.41, 5.74) is 0.410. The zero-order valence-corrected chi connectivity index (χ0v) is 11.3. The van der Waals surface area contributed by atoms with Crippen LogP contribution in [0, 0.1) is 15.5 Å². The highest BCUT2D eigenvalue weighted by Gasteiger charge is 2.37. The van der Waals surface area contributed by atoms with Crippen molar-refractivity contribution in [3.63, 3.8) is 0 Å². The van der Waals surface area contributed by atoms with Crippen LogP contribution in [0.15, 0.2) is 18.2 Å². The molecule has 0 unspecified atom stereocenters. The smallest absolute Gasteiger partial charge is 0.311 e. The lowest BCUT2D eigenvalue weighted by molar-refractivity contribution is -0.385. The lowest BCUT2D eigenvalue weighted by Gasteiger charge is -2.40. The van der Waals surface area contributed by atoms with E-state index in [-0.39, 0.29) is 23.5 Å². The Morgan fingerprint density at radius 1 is 1.55 bits per heavy atom. The molecule has 0 radical (unpaired) electrons. The highest BCUT2D eigenvalue weighted by Crippen LogP contribution is 2.32. The molecule has 0 spiro atoms. The van der Waals surface area contributed by atoms with Crippen molar-refractivity contribution >= 4 is 11.4 Å². The number of hydrogen-bond acceptors (Lipinski definition) is 6. The summed E-state index contributed by atoms with van der Waals surface area (Å²) in [4.78, 5) is 10.4. The van der Waals surface area contributed by atoms with Crippen LogP contribution in [-0.2, 0) is 4.74 Å². The molecule has 7 nitrogen and oxygen atoms in total. The van der Waals surface area contributed by atoms with E-state index < -0.39 is 4.92 Å². The maximum atomic E-state index is 10.9. The van der Waals surface area contributed by atoms with Gasteiger partial charge in [-0.1, -0.05) is 0 Å². The first-order valence-electron chi connectivity index (χ1n) is 6.44. The summed E-state index contributed by atoms with van der Waals surface area (Å²) in [6, 6.07) is 4.65. The summed E-state index contributed by atoms with van der Waals surface area (Å²) in [5.74, 6) is 0.241. The van der Waals surface area contributed by atoms with Crippen molar-refractivity contribution in [2.75, 3.05) is 38.3 Å². The van der Waals surface area contributed by atoms with Gasteiger partial charge in [-0.05, 0) is 13.0 Å². The molecule has 1 aromatic carbocycles. The second-order valence-electron chi connectivity index (χ2n) is 4.88. The van der Waals surface area contributed by atoms with Crippen molar-refractivity contribution in [3.05, 3.63) is 28.3 Å². The Kier molecular flexibility index (Phi) is 4.41. The van der Waals surface area contributed by atoms with Crippen molar-refractivity contribution in [2.45, 2.75) is 6.92 Å². The number of anilines is 1. The van der Waals surface area contributed by atoms with Gasteiger partial charge in [0.15, 0.2) is 5.75 Å². The van der Waals surface area contributed by atoms with Gasteiger partial charge in [0.2, 0.25) is 0 Å². The second-order valence-corrected chi connectivity index (χ2v) is 4.88. The summed E-state index contributed by atoms with van der Waals surface area (Å²) >= 11 is 0. The molecule has 1 aromatic rings. The summed E-state index contributed by atoms with van der Waals surface area (Å²) in [7, 11) is 0. The Hall–Kier alpha value is -1.86. The minimum absolute atomic E-state index is 0.0469. The van der Waals surface area contributed by atoms with Gasteiger partial charge in [0.05, 0.1) is 36.8 Å². The lowest BCUT2D eigenvalue weighted by Crippen LogP contribution is -2.50. The Morgan fingerprint density at radius 2 is 2.30 bits per heavy atom. The summed E-state index contributed by atoms with van der Waals surface area (Å²) < 4.78 is 10.4. The van der Waals surface area contributed by atoms with E-state index in [2.05, 4.69) is 5.32 Å². The SMILES string of the molecule is CCOc1cc(NCC2(CO)COC2)ccc1[N+](=O)[O-]. The van der Waals surface area contributed by atoms with Crippen LogP contribution in [0.4, 0.5) is 11.4 Å². The Balaban J connectivity index is 2.08. The number of nitrogens with zero attached hydrogens (tertiary/aromatic N) is 1. The Labute approximate surface area is 116 Å². The number of aliphatic hydroxyl groups is 1. The number of aliphatic hydroxyl groups excluding tert-OH is 1. The number of rotatable bonds is 7. The maximum absolute atomic E-state index is 10.9. The predicted molar refractivity (Wildman–Crippen MR) is 73.1 cm³/mol. The quantitative estimate of drug-likeness (QED) is 0.580. The molecule has 0 aromatic heterocycles. The fourth-order valence-corrected chi connectivity index (χ4v) is 1.98. The molecule has 1 saturated heterocycles. The van der Waals surface area contributed by atoms with Crippen molar-refractivity contribution < 1.29 is 19.5 Å². The van der Waals surface area contributed by atoms with Crippen LogP contribution in [0.25, 0.3) is 0 Å². The molecule has 0 aliphatic carbocycles. The minimum Gasteiger partial charge on any atom is -0.487 e. The number of nitrogens with one attached hydrogen (secondary N) is 1. The number of hydrogen-bond donors (Lipinski definition) is 2. The zero-order valence-electron chi connectivity index (χ0n) is 11.3. The van der Waals surface area contributed by atoms with Gasteiger partial charge in [-0.15, -0.1) is 0 Å². The molecule has 110 valence electrons. The molecule has 1 aliphatic heterocycles. The number of nitro benzene ring substituents is 1.